The molecular formula is C18H20N2O2. The zero-order chi connectivity index (χ0) is 15.7. The summed E-state index contributed by atoms with van der Waals surface area (Å²) in [6.45, 7) is 4.01. The summed E-state index contributed by atoms with van der Waals surface area (Å²) in [5, 5.41) is 2.87. The van der Waals surface area contributed by atoms with Crippen LogP contribution in [-0.2, 0) is 17.6 Å². The number of amides is 2. The summed E-state index contributed by atoms with van der Waals surface area (Å²) < 4.78 is 0. The average Bonchev–Trinajstić information content (AvgIpc) is 2.93. The van der Waals surface area contributed by atoms with Gasteiger partial charge in [0.1, 0.15) is 0 Å². The Morgan fingerprint density at radius 1 is 1.27 bits per heavy atom. The highest BCUT2D eigenvalue weighted by Crippen LogP contribution is 2.23. The highest BCUT2D eigenvalue weighted by atomic mass is 16.2. The molecule has 3 rings (SSSR count). The fourth-order valence-electron chi connectivity index (χ4n) is 3.17. The number of nitrogens with zero attached hydrogens (tertiary/aromatic N) is 1. The van der Waals surface area contributed by atoms with Crippen LogP contribution >= 0.6 is 0 Å². The van der Waals surface area contributed by atoms with Crippen molar-refractivity contribution < 1.29 is 9.59 Å². The molecule has 0 radical (unpaired) electrons. The minimum absolute atomic E-state index is 0.124. The lowest BCUT2D eigenvalue weighted by molar-refractivity contribution is -0.120. The van der Waals surface area contributed by atoms with Crippen LogP contribution < -0.4 is 5.32 Å². The first-order chi connectivity index (χ1) is 10.5. The first-order valence-corrected chi connectivity index (χ1v) is 7.72. The number of nitrogens with one attached hydrogen (secondary N) is 1. The van der Waals surface area contributed by atoms with E-state index in [0.29, 0.717) is 12.1 Å². The van der Waals surface area contributed by atoms with Gasteiger partial charge in [-0.05, 0) is 62.4 Å². The molecule has 22 heavy (non-hydrogen) atoms. The number of rotatable bonds is 3. The number of dihydropyridines is 1. The Morgan fingerprint density at radius 2 is 2.05 bits per heavy atom. The summed E-state index contributed by atoms with van der Waals surface area (Å²) >= 11 is 0. The predicted octanol–water partition coefficient (Wildman–Crippen LogP) is 2.47. The number of hydrogen-bond acceptors (Lipinski definition) is 2. The lowest BCUT2D eigenvalue weighted by atomic mass is 9.95. The molecule has 1 heterocycles. The van der Waals surface area contributed by atoms with Gasteiger partial charge in [-0.1, -0.05) is 11.6 Å². The maximum absolute atomic E-state index is 12.3. The normalized spacial score (nSPS) is 20.3. The van der Waals surface area contributed by atoms with E-state index in [1.807, 2.05) is 31.2 Å². The van der Waals surface area contributed by atoms with Crippen molar-refractivity contribution in [1.82, 2.24) is 5.32 Å². The Balaban J connectivity index is 1.66. The first-order valence-electron chi connectivity index (χ1n) is 7.72. The van der Waals surface area contributed by atoms with Crippen LogP contribution in [0.1, 0.15) is 41.8 Å². The monoisotopic (exact) mass is 296 g/mol. The van der Waals surface area contributed by atoms with Crippen LogP contribution in [-0.4, -0.2) is 24.1 Å². The number of benzene rings is 1. The second kappa shape index (κ2) is 5.87. The van der Waals surface area contributed by atoms with Gasteiger partial charge in [-0.15, -0.1) is 0 Å². The van der Waals surface area contributed by atoms with E-state index in [4.69, 9.17) is 0 Å². The van der Waals surface area contributed by atoms with E-state index in [1.165, 1.54) is 17.5 Å². The molecule has 0 spiro atoms. The molecule has 1 unspecified atom stereocenters. The Morgan fingerprint density at radius 3 is 2.82 bits per heavy atom. The Bertz CT molecular complexity index is 701. The Kier molecular flexibility index (Phi) is 3.92. The van der Waals surface area contributed by atoms with E-state index in [9.17, 15) is 9.59 Å². The van der Waals surface area contributed by atoms with Gasteiger partial charge in [0.05, 0.1) is 5.92 Å². The molecule has 0 fully saturated rings. The van der Waals surface area contributed by atoms with Crippen LogP contribution in [0.4, 0.5) is 0 Å². The number of hydrogen-bond donors (Lipinski definition) is 1. The van der Waals surface area contributed by atoms with E-state index < -0.39 is 0 Å². The molecule has 1 aromatic carbocycles. The van der Waals surface area contributed by atoms with Crippen molar-refractivity contribution in [3.05, 3.63) is 46.5 Å². The standard InChI is InChI=1S/C18H20N2O2/c1-11-8-12(2)20-18(22)16(11)10-19-17(21)15-7-6-13-4-3-5-14(13)9-15/h6-9,16H,3-5,10H2,1-2H3,(H,19,21). The van der Waals surface area contributed by atoms with Crippen molar-refractivity contribution >= 4 is 17.5 Å². The minimum Gasteiger partial charge on any atom is -0.351 e. The van der Waals surface area contributed by atoms with E-state index >= 15 is 0 Å². The number of carbonyl (C=O) groups is 2. The molecule has 1 atom stereocenters. The summed E-state index contributed by atoms with van der Waals surface area (Å²) in [5.74, 6) is -0.643. The summed E-state index contributed by atoms with van der Waals surface area (Å²) in [4.78, 5) is 28.2. The van der Waals surface area contributed by atoms with Crippen LogP contribution in [0.2, 0.25) is 0 Å². The van der Waals surface area contributed by atoms with Gasteiger partial charge in [-0.3, -0.25) is 9.59 Å². The highest BCUT2D eigenvalue weighted by molar-refractivity contribution is 6.06. The van der Waals surface area contributed by atoms with Gasteiger partial charge in [-0.25, -0.2) is 4.99 Å². The van der Waals surface area contributed by atoms with E-state index in [0.717, 1.165) is 24.1 Å². The molecule has 4 heteroatoms. The largest absolute Gasteiger partial charge is 0.351 e. The van der Waals surface area contributed by atoms with Crippen molar-refractivity contribution in [3.63, 3.8) is 0 Å². The summed E-state index contributed by atoms with van der Waals surface area (Å²) in [5.41, 5.74) is 4.97. The van der Waals surface area contributed by atoms with Crippen molar-refractivity contribution in [2.75, 3.05) is 6.54 Å². The third kappa shape index (κ3) is 2.86. The molecule has 114 valence electrons. The topological polar surface area (TPSA) is 58.5 Å². The quantitative estimate of drug-likeness (QED) is 0.931. The van der Waals surface area contributed by atoms with Crippen LogP contribution in [0.25, 0.3) is 0 Å². The molecule has 0 aromatic heterocycles. The second-order valence-electron chi connectivity index (χ2n) is 6.08. The molecular weight excluding hydrogens is 276 g/mol. The first kappa shape index (κ1) is 14.7. The highest BCUT2D eigenvalue weighted by Gasteiger charge is 2.24. The van der Waals surface area contributed by atoms with E-state index in [1.54, 1.807) is 6.92 Å². The summed E-state index contributed by atoms with van der Waals surface area (Å²) in [7, 11) is 0. The zero-order valence-corrected chi connectivity index (χ0v) is 13.0. The van der Waals surface area contributed by atoms with Crippen molar-refractivity contribution in [2.24, 2.45) is 10.9 Å². The van der Waals surface area contributed by atoms with Crippen LogP contribution in [0.15, 0.2) is 34.8 Å². The molecule has 0 saturated heterocycles. The fraction of sp³-hybridized carbons (Fsp3) is 0.389. The van der Waals surface area contributed by atoms with Gasteiger partial charge in [0.15, 0.2) is 0 Å². The lowest BCUT2D eigenvalue weighted by Crippen LogP contribution is -2.34. The SMILES string of the molecule is CC1=CC(C)=NC(=O)C1CNC(=O)c1ccc2c(c1)CCC2. The van der Waals surface area contributed by atoms with Gasteiger partial charge in [-0.2, -0.15) is 0 Å². The molecule has 4 nitrogen and oxygen atoms in total. The number of aryl methyl sites for hydroxylation is 2. The summed E-state index contributed by atoms with van der Waals surface area (Å²) in [6, 6.07) is 5.89. The van der Waals surface area contributed by atoms with E-state index in [-0.39, 0.29) is 17.7 Å². The number of carbonyl (C=O) groups excluding carboxylic acids is 2. The van der Waals surface area contributed by atoms with Crippen molar-refractivity contribution in [1.29, 1.82) is 0 Å². The van der Waals surface area contributed by atoms with Crippen molar-refractivity contribution in [3.8, 4) is 0 Å². The van der Waals surface area contributed by atoms with Crippen LogP contribution in [0, 0.1) is 5.92 Å². The molecule has 0 saturated carbocycles. The van der Waals surface area contributed by atoms with Gasteiger partial charge < -0.3 is 5.32 Å². The maximum atomic E-state index is 12.3. The average molecular weight is 296 g/mol. The molecule has 0 bridgehead atoms. The second-order valence-corrected chi connectivity index (χ2v) is 6.08. The minimum atomic E-state index is -0.345. The third-order valence-electron chi connectivity index (χ3n) is 4.40. The molecule has 2 aliphatic rings. The van der Waals surface area contributed by atoms with Crippen LogP contribution in [0.5, 0.6) is 0 Å². The van der Waals surface area contributed by atoms with Gasteiger partial charge in [0, 0.05) is 17.8 Å². The predicted molar refractivity (Wildman–Crippen MR) is 86.2 cm³/mol. The number of allylic oxidation sites excluding steroid dienone is 1. The lowest BCUT2D eigenvalue weighted by Gasteiger charge is -2.19. The van der Waals surface area contributed by atoms with Crippen molar-refractivity contribution in [2.45, 2.75) is 33.1 Å². The molecule has 1 aromatic rings. The third-order valence-corrected chi connectivity index (χ3v) is 4.40. The Labute approximate surface area is 130 Å². The van der Waals surface area contributed by atoms with Gasteiger partial charge >= 0.3 is 0 Å². The number of aliphatic imine (C=N–C) groups is 1. The van der Waals surface area contributed by atoms with E-state index in [2.05, 4.69) is 10.3 Å². The Hall–Kier alpha value is -2.23. The molecule has 1 aliphatic carbocycles. The molecule has 1 N–H and O–H groups in total. The van der Waals surface area contributed by atoms with Crippen LogP contribution in [0.3, 0.4) is 0 Å². The zero-order valence-electron chi connectivity index (χ0n) is 13.0. The molecule has 1 aliphatic heterocycles. The molecule has 2 amide bonds. The maximum Gasteiger partial charge on any atom is 0.254 e. The van der Waals surface area contributed by atoms with Gasteiger partial charge in [0.2, 0.25) is 0 Å². The smallest absolute Gasteiger partial charge is 0.254 e. The van der Waals surface area contributed by atoms with Gasteiger partial charge in [0.25, 0.3) is 11.8 Å². The fourth-order valence-corrected chi connectivity index (χ4v) is 3.17. The number of fused-ring (bicyclic) bond motifs is 1. The summed E-state index contributed by atoms with van der Waals surface area (Å²) in [6.07, 6.45) is 5.22.